The second-order valence-corrected chi connectivity index (χ2v) is 5.23. The summed E-state index contributed by atoms with van der Waals surface area (Å²) in [5.74, 6) is -2.42. The maximum atomic E-state index is 12.2. The molecule has 0 saturated carbocycles. The van der Waals surface area contributed by atoms with E-state index in [2.05, 4.69) is 5.32 Å². The quantitative estimate of drug-likeness (QED) is 0.625. The molecular weight excluding hydrogens is 314 g/mol. The Hall–Kier alpha value is -2.41. The summed E-state index contributed by atoms with van der Waals surface area (Å²) in [5.41, 5.74) is 0.819. The van der Waals surface area contributed by atoms with Crippen molar-refractivity contribution in [2.75, 3.05) is 20.3 Å². The molecule has 1 amide bonds. The number of methoxy groups -OCH3 is 1. The van der Waals surface area contributed by atoms with Crippen molar-refractivity contribution < 1.29 is 29.0 Å². The summed E-state index contributed by atoms with van der Waals surface area (Å²) in [6.07, 6.45) is 0.0314. The lowest BCUT2D eigenvalue weighted by atomic mass is 9.92. The number of esters is 1. The fourth-order valence-electron chi connectivity index (χ4n) is 2.27. The molecular formula is C17H23NO6. The first-order valence-corrected chi connectivity index (χ1v) is 7.69. The average molecular weight is 337 g/mol. The van der Waals surface area contributed by atoms with Crippen molar-refractivity contribution >= 4 is 17.8 Å². The van der Waals surface area contributed by atoms with E-state index in [0.29, 0.717) is 0 Å². The first-order chi connectivity index (χ1) is 11.5. The molecule has 0 aliphatic heterocycles. The number of amides is 1. The molecule has 7 heteroatoms. The van der Waals surface area contributed by atoms with Gasteiger partial charge in [0.15, 0.2) is 6.04 Å². The van der Waals surface area contributed by atoms with E-state index in [1.807, 2.05) is 30.3 Å². The van der Waals surface area contributed by atoms with Crippen LogP contribution in [0, 0.1) is 0 Å². The minimum absolute atomic E-state index is 0.0175. The van der Waals surface area contributed by atoms with Crippen LogP contribution in [0.15, 0.2) is 30.3 Å². The lowest BCUT2D eigenvalue weighted by Crippen LogP contribution is -2.44. The molecule has 0 fully saturated rings. The molecule has 0 spiro atoms. The summed E-state index contributed by atoms with van der Waals surface area (Å²) in [6.45, 7) is 1.85. The lowest BCUT2D eigenvalue weighted by molar-refractivity contribution is -0.145. The number of aliphatic carboxylic acids is 1. The number of hydrogen-bond acceptors (Lipinski definition) is 5. The van der Waals surface area contributed by atoms with Crippen molar-refractivity contribution in [3.05, 3.63) is 35.9 Å². The van der Waals surface area contributed by atoms with Gasteiger partial charge in [-0.2, -0.15) is 0 Å². The third-order valence-electron chi connectivity index (χ3n) is 3.39. The Kier molecular flexibility index (Phi) is 8.49. The number of nitrogens with one attached hydrogen (secondary N) is 1. The molecule has 0 saturated heterocycles. The van der Waals surface area contributed by atoms with Gasteiger partial charge in [0.25, 0.3) is 0 Å². The molecule has 1 rings (SSSR count). The molecule has 0 bridgehead atoms. The van der Waals surface area contributed by atoms with Crippen molar-refractivity contribution in [2.45, 2.75) is 31.7 Å². The summed E-state index contributed by atoms with van der Waals surface area (Å²) < 4.78 is 9.73. The Labute approximate surface area is 141 Å². The second kappa shape index (κ2) is 10.4. The smallest absolute Gasteiger partial charge is 0.328 e. The van der Waals surface area contributed by atoms with Crippen LogP contribution in [0.1, 0.15) is 31.2 Å². The monoisotopic (exact) mass is 337 g/mol. The van der Waals surface area contributed by atoms with Gasteiger partial charge in [0.05, 0.1) is 19.6 Å². The lowest BCUT2D eigenvalue weighted by Gasteiger charge is -2.18. The highest BCUT2D eigenvalue weighted by Crippen LogP contribution is 2.24. The zero-order valence-electron chi connectivity index (χ0n) is 13.9. The summed E-state index contributed by atoms with van der Waals surface area (Å²) in [7, 11) is 1.36. The number of carboxylic acid groups (broad SMARTS) is 1. The van der Waals surface area contributed by atoms with E-state index < -0.39 is 23.9 Å². The van der Waals surface area contributed by atoms with Gasteiger partial charge in [-0.25, -0.2) is 4.79 Å². The summed E-state index contributed by atoms with van der Waals surface area (Å²) in [6, 6.07) is 7.99. The van der Waals surface area contributed by atoms with Crippen LogP contribution in [0.5, 0.6) is 0 Å². The first kappa shape index (κ1) is 19.6. The van der Waals surface area contributed by atoms with Gasteiger partial charge < -0.3 is 19.9 Å². The third-order valence-corrected chi connectivity index (χ3v) is 3.39. The van der Waals surface area contributed by atoms with Crippen LogP contribution in [-0.2, 0) is 23.9 Å². The molecule has 24 heavy (non-hydrogen) atoms. The predicted octanol–water partition coefficient (Wildman–Crippen LogP) is 1.33. The van der Waals surface area contributed by atoms with Gasteiger partial charge >= 0.3 is 11.9 Å². The predicted molar refractivity (Wildman–Crippen MR) is 86.5 cm³/mol. The molecule has 0 aliphatic carbocycles. The van der Waals surface area contributed by atoms with Crippen molar-refractivity contribution in [1.82, 2.24) is 5.32 Å². The molecule has 0 heterocycles. The topological polar surface area (TPSA) is 102 Å². The highest BCUT2D eigenvalue weighted by molar-refractivity contribution is 5.84. The molecule has 132 valence electrons. The van der Waals surface area contributed by atoms with Gasteiger partial charge in [0.2, 0.25) is 5.91 Å². The number of ether oxygens (including phenoxy) is 2. The van der Waals surface area contributed by atoms with E-state index in [1.54, 1.807) is 6.92 Å². The van der Waals surface area contributed by atoms with Crippen molar-refractivity contribution in [3.8, 4) is 0 Å². The Bertz CT molecular complexity index is 545. The standard InChI is InChI=1S/C17H23NO6/c1-3-24-16(20)10-13(12-7-5-4-6-8-12)9-15(19)18-14(11-23-2)17(21)22/h4-8,13-14H,3,9-11H2,1-2H3,(H,18,19)(H,21,22)/t13?,14-/m0/s1. The Balaban J connectivity index is 2.78. The molecule has 1 unspecified atom stereocenters. The fourth-order valence-corrected chi connectivity index (χ4v) is 2.27. The number of carbonyl (C=O) groups is 3. The Morgan fingerprint density at radius 1 is 1.17 bits per heavy atom. The van der Waals surface area contributed by atoms with Gasteiger partial charge in [-0.15, -0.1) is 0 Å². The number of benzene rings is 1. The Morgan fingerprint density at radius 3 is 2.38 bits per heavy atom. The van der Waals surface area contributed by atoms with E-state index in [4.69, 9.17) is 14.6 Å². The average Bonchev–Trinajstić information content (AvgIpc) is 2.54. The van der Waals surface area contributed by atoms with Crippen molar-refractivity contribution in [2.24, 2.45) is 0 Å². The molecule has 7 nitrogen and oxygen atoms in total. The Morgan fingerprint density at radius 2 is 1.83 bits per heavy atom. The van der Waals surface area contributed by atoms with Gasteiger partial charge in [-0.1, -0.05) is 30.3 Å². The molecule has 0 aromatic heterocycles. The molecule has 1 aromatic rings. The highest BCUT2D eigenvalue weighted by atomic mass is 16.5. The van der Waals surface area contributed by atoms with Crippen LogP contribution in [0.2, 0.25) is 0 Å². The van der Waals surface area contributed by atoms with Crippen LogP contribution < -0.4 is 5.32 Å². The molecule has 0 aliphatic rings. The summed E-state index contributed by atoms with van der Waals surface area (Å²) in [5, 5.41) is 11.5. The van der Waals surface area contributed by atoms with E-state index in [9.17, 15) is 14.4 Å². The van der Waals surface area contributed by atoms with Crippen LogP contribution in [0.25, 0.3) is 0 Å². The molecule has 2 N–H and O–H groups in total. The van der Waals surface area contributed by atoms with Gasteiger partial charge in [-0.3, -0.25) is 9.59 Å². The third kappa shape index (κ3) is 6.78. The SMILES string of the molecule is CCOC(=O)CC(CC(=O)N[C@@H](COC)C(=O)O)c1ccccc1. The summed E-state index contributed by atoms with van der Waals surface area (Å²) >= 11 is 0. The molecule has 2 atom stereocenters. The van der Waals surface area contributed by atoms with Gasteiger partial charge in [-0.05, 0) is 12.5 Å². The van der Waals surface area contributed by atoms with E-state index in [1.165, 1.54) is 7.11 Å². The van der Waals surface area contributed by atoms with Crippen LogP contribution >= 0.6 is 0 Å². The van der Waals surface area contributed by atoms with Gasteiger partial charge in [0.1, 0.15) is 0 Å². The van der Waals surface area contributed by atoms with Crippen molar-refractivity contribution in [3.63, 3.8) is 0 Å². The van der Waals surface area contributed by atoms with Crippen LogP contribution in [0.3, 0.4) is 0 Å². The maximum Gasteiger partial charge on any atom is 0.328 e. The number of carbonyl (C=O) groups excluding carboxylic acids is 2. The largest absolute Gasteiger partial charge is 0.480 e. The van der Waals surface area contributed by atoms with E-state index in [-0.39, 0.29) is 32.0 Å². The zero-order valence-corrected chi connectivity index (χ0v) is 13.9. The fraction of sp³-hybridized carbons (Fsp3) is 0.471. The zero-order chi connectivity index (χ0) is 17.9. The highest BCUT2D eigenvalue weighted by Gasteiger charge is 2.24. The first-order valence-electron chi connectivity index (χ1n) is 7.69. The molecule has 0 radical (unpaired) electrons. The van der Waals surface area contributed by atoms with Crippen molar-refractivity contribution in [1.29, 1.82) is 0 Å². The number of hydrogen-bond donors (Lipinski definition) is 2. The van der Waals surface area contributed by atoms with Gasteiger partial charge in [0, 0.05) is 19.4 Å². The normalized spacial score (nSPS) is 12.9. The number of carboxylic acids is 1. The minimum atomic E-state index is -1.17. The van der Waals surface area contributed by atoms with E-state index in [0.717, 1.165) is 5.56 Å². The minimum Gasteiger partial charge on any atom is -0.480 e. The second-order valence-electron chi connectivity index (χ2n) is 5.23. The molecule has 1 aromatic carbocycles. The van der Waals surface area contributed by atoms with Crippen LogP contribution in [0.4, 0.5) is 0 Å². The van der Waals surface area contributed by atoms with Crippen LogP contribution in [-0.4, -0.2) is 49.3 Å². The van der Waals surface area contributed by atoms with E-state index >= 15 is 0 Å². The maximum absolute atomic E-state index is 12.2. The summed E-state index contributed by atoms with van der Waals surface area (Å²) in [4.78, 5) is 35.0. The number of rotatable bonds is 10.